The molecule has 59 valence electrons. The normalized spacial score (nSPS) is 34.2. The van der Waals surface area contributed by atoms with E-state index in [2.05, 4.69) is 19.6 Å². The van der Waals surface area contributed by atoms with Gasteiger partial charge in [0, 0.05) is 5.25 Å². The maximum atomic E-state index is 4.45. The van der Waals surface area contributed by atoms with Gasteiger partial charge in [0.2, 0.25) is 0 Å². The molecule has 0 bridgehead atoms. The fraction of sp³-hybridized carbons (Fsp3) is 0.889. The molecule has 0 nitrogen and oxygen atoms in total. The van der Waals surface area contributed by atoms with E-state index in [1.165, 1.54) is 32.1 Å². The van der Waals surface area contributed by atoms with E-state index in [9.17, 15) is 0 Å². The van der Waals surface area contributed by atoms with Crippen molar-refractivity contribution in [2.24, 2.45) is 5.92 Å². The van der Waals surface area contributed by atoms with Gasteiger partial charge in [-0.25, -0.2) is 0 Å². The molecule has 0 N–H and O–H groups in total. The monoisotopic (exact) mass is 157 g/mol. The molecule has 10 heavy (non-hydrogen) atoms. The Labute approximate surface area is 69.8 Å². The Kier molecular flexibility index (Phi) is 3.61. The molecular weight excluding hydrogens is 140 g/mol. The van der Waals surface area contributed by atoms with E-state index in [0.717, 1.165) is 12.3 Å². The minimum atomic E-state index is 0.695. The Balaban J connectivity index is 2.13. The summed E-state index contributed by atoms with van der Waals surface area (Å²) < 4.78 is 0. The van der Waals surface area contributed by atoms with Gasteiger partial charge in [-0.3, -0.25) is 0 Å². The minimum absolute atomic E-state index is 0.695. The van der Waals surface area contributed by atoms with Crippen LogP contribution in [-0.2, 0) is 0 Å². The van der Waals surface area contributed by atoms with Crippen LogP contribution in [0.5, 0.6) is 0 Å². The Morgan fingerprint density at radius 3 is 2.30 bits per heavy atom. The molecular formula is C9H17S. The van der Waals surface area contributed by atoms with Gasteiger partial charge in [0.25, 0.3) is 0 Å². The largest absolute Gasteiger partial charge is 0.176 e. The molecule has 0 heterocycles. The summed E-state index contributed by atoms with van der Waals surface area (Å²) >= 11 is 4.45. The number of rotatable bonds is 2. The van der Waals surface area contributed by atoms with E-state index >= 15 is 0 Å². The molecule has 0 aromatic heterocycles. The number of thiol groups is 1. The molecule has 1 radical (unpaired) electrons. The van der Waals surface area contributed by atoms with Gasteiger partial charge in [-0.1, -0.05) is 19.8 Å². The third-order valence-corrected chi connectivity index (χ3v) is 2.95. The highest BCUT2D eigenvalue weighted by atomic mass is 32.1. The first-order valence-corrected chi connectivity index (χ1v) is 4.82. The van der Waals surface area contributed by atoms with Crippen molar-refractivity contribution in [1.29, 1.82) is 0 Å². The van der Waals surface area contributed by atoms with Crippen LogP contribution in [0.3, 0.4) is 0 Å². The van der Waals surface area contributed by atoms with Crippen molar-refractivity contribution in [3.05, 3.63) is 6.92 Å². The van der Waals surface area contributed by atoms with E-state index in [-0.39, 0.29) is 0 Å². The standard InChI is InChI=1S/C9H17S/c1-2-3-8-4-6-9(10)7-5-8/h8-10H,1-7H2. The van der Waals surface area contributed by atoms with E-state index in [1.807, 2.05) is 0 Å². The summed E-state index contributed by atoms with van der Waals surface area (Å²) in [6, 6.07) is 0. The second-order valence-electron chi connectivity index (χ2n) is 3.32. The Bertz CT molecular complexity index is 82.7. The summed E-state index contributed by atoms with van der Waals surface area (Å²) in [6.45, 7) is 3.88. The van der Waals surface area contributed by atoms with Crippen LogP contribution >= 0.6 is 12.6 Å². The van der Waals surface area contributed by atoms with Crippen LogP contribution in [0.2, 0.25) is 0 Å². The van der Waals surface area contributed by atoms with Gasteiger partial charge in [0.1, 0.15) is 0 Å². The zero-order valence-corrected chi connectivity index (χ0v) is 7.45. The summed E-state index contributed by atoms with van der Waals surface area (Å²) in [5, 5.41) is 0.695. The molecule has 0 aromatic carbocycles. The maximum absolute atomic E-state index is 4.45. The first-order valence-electron chi connectivity index (χ1n) is 4.30. The average molecular weight is 157 g/mol. The topological polar surface area (TPSA) is 0 Å². The lowest BCUT2D eigenvalue weighted by molar-refractivity contribution is 0.348. The average Bonchev–Trinajstić information content (AvgIpc) is 1.95. The fourth-order valence-corrected chi connectivity index (χ4v) is 2.02. The number of hydrogen-bond acceptors (Lipinski definition) is 1. The molecule has 1 fully saturated rings. The molecule has 0 unspecified atom stereocenters. The zero-order valence-electron chi connectivity index (χ0n) is 6.55. The Hall–Kier alpha value is 0.350. The Morgan fingerprint density at radius 2 is 1.80 bits per heavy atom. The van der Waals surface area contributed by atoms with Crippen molar-refractivity contribution in [2.45, 2.75) is 43.8 Å². The summed E-state index contributed by atoms with van der Waals surface area (Å²) in [5.74, 6) is 0.973. The summed E-state index contributed by atoms with van der Waals surface area (Å²) in [7, 11) is 0. The van der Waals surface area contributed by atoms with Gasteiger partial charge in [-0.05, 0) is 31.6 Å². The van der Waals surface area contributed by atoms with E-state index < -0.39 is 0 Å². The van der Waals surface area contributed by atoms with Crippen molar-refractivity contribution >= 4 is 12.6 Å². The van der Waals surface area contributed by atoms with Gasteiger partial charge >= 0.3 is 0 Å². The molecule has 1 rings (SSSR count). The van der Waals surface area contributed by atoms with Crippen LogP contribution in [-0.4, -0.2) is 5.25 Å². The van der Waals surface area contributed by atoms with E-state index in [1.54, 1.807) is 0 Å². The highest BCUT2D eigenvalue weighted by Gasteiger charge is 2.17. The van der Waals surface area contributed by atoms with Gasteiger partial charge < -0.3 is 0 Å². The van der Waals surface area contributed by atoms with Crippen LogP contribution in [0.15, 0.2) is 0 Å². The lowest BCUT2D eigenvalue weighted by Crippen LogP contribution is -2.13. The van der Waals surface area contributed by atoms with Crippen molar-refractivity contribution in [1.82, 2.24) is 0 Å². The summed E-state index contributed by atoms with van der Waals surface area (Å²) in [4.78, 5) is 0. The molecule has 0 aromatic rings. The molecule has 0 spiro atoms. The molecule has 1 aliphatic rings. The quantitative estimate of drug-likeness (QED) is 0.585. The highest BCUT2D eigenvalue weighted by molar-refractivity contribution is 7.80. The predicted octanol–water partition coefficient (Wildman–Crippen LogP) is 3.09. The van der Waals surface area contributed by atoms with Gasteiger partial charge in [-0.15, -0.1) is 0 Å². The molecule has 1 heteroatoms. The minimum Gasteiger partial charge on any atom is -0.176 e. The molecule has 1 saturated carbocycles. The van der Waals surface area contributed by atoms with Crippen LogP contribution in [0.25, 0.3) is 0 Å². The molecule has 0 amide bonds. The second kappa shape index (κ2) is 4.27. The third kappa shape index (κ3) is 2.53. The van der Waals surface area contributed by atoms with E-state index in [0.29, 0.717) is 5.25 Å². The van der Waals surface area contributed by atoms with Crippen molar-refractivity contribution < 1.29 is 0 Å². The van der Waals surface area contributed by atoms with Crippen LogP contribution in [0.4, 0.5) is 0 Å². The van der Waals surface area contributed by atoms with Crippen LogP contribution < -0.4 is 0 Å². The fourth-order valence-electron chi connectivity index (χ4n) is 1.72. The second-order valence-corrected chi connectivity index (χ2v) is 4.05. The lowest BCUT2D eigenvalue weighted by Gasteiger charge is -2.24. The maximum Gasteiger partial charge on any atom is 0.00170 e. The van der Waals surface area contributed by atoms with E-state index in [4.69, 9.17) is 0 Å². The van der Waals surface area contributed by atoms with Crippen LogP contribution in [0.1, 0.15) is 38.5 Å². The first kappa shape index (κ1) is 8.45. The first-order chi connectivity index (χ1) is 4.83. The highest BCUT2D eigenvalue weighted by Crippen LogP contribution is 2.29. The van der Waals surface area contributed by atoms with Gasteiger partial charge in [0.05, 0.1) is 0 Å². The van der Waals surface area contributed by atoms with Crippen molar-refractivity contribution in [3.8, 4) is 0 Å². The van der Waals surface area contributed by atoms with Crippen molar-refractivity contribution in [2.75, 3.05) is 0 Å². The van der Waals surface area contributed by atoms with Gasteiger partial charge in [-0.2, -0.15) is 12.6 Å². The molecule has 0 saturated heterocycles. The SMILES string of the molecule is [CH2]CCC1CCC(S)CC1. The third-order valence-electron chi connectivity index (χ3n) is 2.43. The predicted molar refractivity (Wildman–Crippen MR) is 49.3 cm³/mol. The zero-order chi connectivity index (χ0) is 7.40. The van der Waals surface area contributed by atoms with Gasteiger partial charge in [0.15, 0.2) is 0 Å². The number of hydrogen-bond donors (Lipinski definition) is 1. The Morgan fingerprint density at radius 1 is 1.20 bits per heavy atom. The molecule has 0 atom stereocenters. The summed E-state index contributed by atoms with van der Waals surface area (Å²) in [6.07, 6.45) is 7.89. The smallest absolute Gasteiger partial charge is 0.00170 e. The lowest BCUT2D eigenvalue weighted by atomic mass is 9.86. The molecule has 1 aliphatic carbocycles. The molecule has 0 aliphatic heterocycles. The van der Waals surface area contributed by atoms with Crippen molar-refractivity contribution in [3.63, 3.8) is 0 Å². The van der Waals surface area contributed by atoms with Crippen LogP contribution in [0, 0.1) is 12.8 Å². The summed E-state index contributed by atoms with van der Waals surface area (Å²) in [5.41, 5.74) is 0.